The fourth-order valence-corrected chi connectivity index (χ4v) is 3.32. The average Bonchev–Trinajstić information content (AvgIpc) is 3.12. The van der Waals surface area contributed by atoms with E-state index < -0.39 is 11.6 Å². The Kier molecular flexibility index (Phi) is 3.41. The van der Waals surface area contributed by atoms with E-state index in [0.717, 1.165) is 18.7 Å². The minimum absolute atomic E-state index is 0.146. The fraction of sp³-hybridized carbons (Fsp3) is 0.118. The van der Waals surface area contributed by atoms with Gasteiger partial charge in [0.1, 0.15) is 17.5 Å². The Morgan fingerprint density at radius 3 is 2.65 bits per heavy atom. The number of H-pyrrole nitrogens is 1. The molecule has 2 heterocycles. The molecular formula is C17H12BrF2N3. The van der Waals surface area contributed by atoms with Crippen LogP contribution in [0.4, 0.5) is 20.3 Å². The second kappa shape index (κ2) is 5.45. The van der Waals surface area contributed by atoms with Crippen molar-refractivity contribution in [1.82, 2.24) is 9.97 Å². The number of rotatable bonds is 2. The molecule has 0 saturated heterocycles. The number of anilines is 2. The van der Waals surface area contributed by atoms with Crippen LogP contribution in [0.15, 0.2) is 47.1 Å². The third-order valence-electron chi connectivity index (χ3n) is 3.97. The monoisotopic (exact) mass is 375 g/mol. The summed E-state index contributed by atoms with van der Waals surface area (Å²) < 4.78 is 28.5. The Morgan fingerprint density at radius 2 is 1.87 bits per heavy atom. The second-order valence-corrected chi connectivity index (χ2v) is 6.30. The lowest BCUT2D eigenvalue weighted by molar-refractivity contribution is 0.586. The quantitative estimate of drug-likeness (QED) is 0.696. The highest BCUT2D eigenvalue weighted by Gasteiger charge is 2.23. The average molecular weight is 376 g/mol. The second-order valence-electron chi connectivity index (χ2n) is 5.38. The third-order valence-corrected chi connectivity index (χ3v) is 4.43. The Labute approximate surface area is 140 Å². The van der Waals surface area contributed by atoms with Gasteiger partial charge in [0.25, 0.3) is 0 Å². The van der Waals surface area contributed by atoms with E-state index in [1.165, 1.54) is 17.7 Å². The molecule has 6 heteroatoms. The van der Waals surface area contributed by atoms with Crippen LogP contribution in [0, 0.1) is 11.6 Å². The molecule has 0 amide bonds. The van der Waals surface area contributed by atoms with Crippen LogP contribution < -0.4 is 4.90 Å². The van der Waals surface area contributed by atoms with Gasteiger partial charge in [0, 0.05) is 22.9 Å². The summed E-state index contributed by atoms with van der Waals surface area (Å²) in [5.74, 6) is -0.460. The number of para-hydroxylation sites is 1. The van der Waals surface area contributed by atoms with Crippen LogP contribution in [0.2, 0.25) is 0 Å². The molecule has 2 aromatic carbocycles. The first-order chi connectivity index (χ1) is 11.1. The van der Waals surface area contributed by atoms with E-state index >= 15 is 0 Å². The van der Waals surface area contributed by atoms with Crippen molar-refractivity contribution in [3.05, 3.63) is 64.3 Å². The molecular weight excluding hydrogens is 364 g/mol. The van der Waals surface area contributed by atoms with Crippen molar-refractivity contribution in [2.24, 2.45) is 0 Å². The summed E-state index contributed by atoms with van der Waals surface area (Å²) in [5, 5.41) is 0. The van der Waals surface area contributed by atoms with Gasteiger partial charge in [-0.3, -0.25) is 0 Å². The maximum Gasteiger partial charge on any atom is 0.151 e. The highest BCUT2D eigenvalue weighted by atomic mass is 79.9. The smallest absolute Gasteiger partial charge is 0.151 e. The Bertz CT molecular complexity index is 868. The molecule has 116 valence electrons. The molecule has 4 rings (SSSR count). The zero-order valence-corrected chi connectivity index (χ0v) is 13.6. The number of halogens is 3. The minimum atomic E-state index is -0.653. The first-order valence-electron chi connectivity index (χ1n) is 7.19. The van der Waals surface area contributed by atoms with Gasteiger partial charge >= 0.3 is 0 Å². The first-order valence-corrected chi connectivity index (χ1v) is 7.98. The minimum Gasteiger partial charge on any atom is -0.342 e. The van der Waals surface area contributed by atoms with Gasteiger partial charge in [0.05, 0.1) is 5.56 Å². The van der Waals surface area contributed by atoms with Crippen LogP contribution in [0.5, 0.6) is 0 Å². The SMILES string of the molecule is Fc1cc(Br)cc(F)c1-c1nc(N2CCc3ccccc32)c[nH]1. The highest BCUT2D eigenvalue weighted by Crippen LogP contribution is 2.35. The van der Waals surface area contributed by atoms with Crippen LogP contribution >= 0.6 is 15.9 Å². The molecule has 23 heavy (non-hydrogen) atoms. The molecule has 0 atom stereocenters. The summed E-state index contributed by atoms with van der Waals surface area (Å²) in [6.45, 7) is 0.801. The summed E-state index contributed by atoms with van der Waals surface area (Å²) in [6, 6.07) is 10.5. The number of benzene rings is 2. The topological polar surface area (TPSA) is 31.9 Å². The van der Waals surface area contributed by atoms with Crippen molar-refractivity contribution in [1.29, 1.82) is 0 Å². The summed E-state index contributed by atoms with van der Waals surface area (Å²) in [7, 11) is 0. The maximum atomic E-state index is 14.1. The zero-order valence-electron chi connectivity index (χ0n) is 12.0. The predicted molar refractivity (Wildman–Crippen MR) is 88.8 cm³/mol. The molecule has 0 unspecified atom stereocenters. The van der Waals surface area contributed by atoms with Crippen molar-refractivity contribution in [2.75, 3.05) is 11.4 Å². The van der Waals surface area contributed by atoms with Gasteiger partial charge in [-0.1, -0.05) is 34.1 Å². The van der Waals surface area contributed by atoms with Crippen LogP contribution in [0.1, 0.15) is 5.56 Å². The number of hydrogen-bond acceptors (Lipinski definition) is 2. The molecule has 1 aliphatic heterocycles. The molecule has 0 spiro atoms. The van der Waals surface area contributed by atoms with Crippen molar-refractivity contribution in [3.63, 3.8) is 0 Å². The van der Waals surface area contributed by atoms with Gasteiger partial charge in [-0.15, -0.1) is 0 Å². The number of nitrogens with zero attached hydrogens (tertiary/aromatic N) is 2. The normalized spacial score (nSPS) is 13.4. The Balaban J connectivity index is 1.74. The lowest BCUT2D eigenvalue weighted by Crippen LogP contribution is -2.13. The van der Waals surface area contributed by atoms with Gasteiger partial charge in [-0.05, 0) is 30.2 Å². The summed E-state index contributed by atoms with van der Waals surface area (Å²) in [6.07, 6.45) is 2.61. The van der Waals surface area contributed by atoms with E-state index in [9.17, 15) is 8.78 Å². The number of fused-ring (bicyclic) bond motifs is 1. The first kappa shape index (κ1) is 14.4. The van der Waals surface area contributed by atoms with Crippen LogP contribution in [0.25, 0.3) is 11.4 Å². The zero-order chi connectivity index (χ0) is 16.0. The molecule has 0 bridgehead atoms. The van der Waals surface area contributed by atoms with Crippen molar-refractivity contribution < 1.29 is 8.78 Å². The molecule has 1 N–H and O–H groups in total. The number of nitrogens with one attached hydrogen (secondary N) is 1. The Hall–Kier alpha value is -2.21. The number of imidazole rings is 1. The van der Waals surface area contributed by atoms with E-state index in [-0.39, 0.29) is 11.4 Å². The molecule has 0 fully saturated rings. The summed E-state index contributed by atoms with van der Waals surface area (Å²) in [4.78, 5) is 9.32. The van der Waals surface area contributed by atoms with E-state index in [1.807, 2.05) is 23.1 Å². The van der Waals surface area contributed by atoms with Crippen LogP contribution in [-0.4, -0.2) is 16.5 Å². The van der Waals surface area contributed by atoms with E-state index in [0.29, 0.717) is 10.3 Å². The molecule has 0 aliphatic carbocycles. The summed E-state index contributed by atoms with van der Waals surface area (Å²) in [5.41, 5.74) is 2.19. The molecule has 3 nitrogen and oxygen atoms in total. The van der Waals surface area contributed by atoms with Gasteiger partial charge in [-0.2, -0.15) is 0 Å². The standard InChI is InChI=1S/C17H12BrF2N3/c18-11-7-12(19)16(13(20)8-11)17-21-9-15(22-17)23-6-5-10-3-1-2-4-14(10)23/h1-4,7-9H,5-6H2,(H,21,22). The van der Waals surface area contributed by atoms with Gasteiger partial charge < -0.3 is 9.88 Å². The predicted octanol–water partition coefficient (Wildman–Crippen LogP) is 4.81. The van der Waals surface area contributed by atoms with Crippen molar-refractivity contribution in [2.45, 2.75) is 6.42 Å². The van der Waals surface area contributed by atoms with E-state index in [2.05, 4.69) is 32.0 Å². The van der Waals surface area contributed by atoms with Crippen molar-refractivity contribution in [3.8, 4) is 11.4 Å². The van der Waals surface area contributed by atoms with Gasteiger partial charge in [0.2, 0.25) is 0 Å². The van der Waals surface area contributed by atoms with E-state index in [4.69, 9.17) is 0 Å². The lowest BCUT2D eigenvalue weighted by atomic mass is 10.2. The lowest BCUT2D eigenvalue weighted by Gasteiger charge is -2.15. The van der Waals surface area contributed by atoms with E-state index in [1.54, 1.807) is 6.20 Å². The molecule has 0 radical (unpaired) electrons. The number of aromatic nitrogens is 2. The van der Waals surface area contributed by atoms with Gasteiger partial charge in [0.15, 0.2) is 5.82 Å². The molecule has 1 aromatic heterocycles. The van der Waals surface area contributed by atoms with Crippen LogP contribution in [-0.2, 0) is 6.42 Å². The van der Waals surface area contributed by atoms with Crippen molar-refractivity contribution >= 4 is 27.4 Å². The summed E-state index contributed by atoms with van der Waals surface area (Å²) >= 11 is 3.08. The number of aromatic amines is 1. The molecule has 0 saturated carbocycles. The fourth-order valence-electron chi connectivity index (χ4n) is 2.92. The molecule has 3 aromatic rings. The Morgan fingerprint density at radius 1 is 1.13 bits per heavy atom. The van der Waals surface area contributed by atoms with Crippen LogP contribution in [0.3, 0.4) is 0 Å². The third kappa shape index (κ3) is 2.43. The number of hydrogen-bond donors (Lipinski definition) is 1. The largest absolute Gasteiger partial charge is 0.342 e. The highest BCUT2D eigenvalue weighted by molar-refractivity contribution is 9.10. The maximum absolute atomic E-state index is 14.1. The van der Waals surface area contributed by atoms with Gasteiger partial charge in [-0.25, -0.2) is 13.8 Å². The molecule has 1 aliphatic rings.